The number of nitrogens with two attached hydrogens (primary N) is 1. The third-order valence-electron chi connectivity index (χ3n) is 4.38. The molecule has 3 N–H and O–H groups in total. The summed E-state index contributed by atoms with van der Waals surface area (Å²) in [6.07, 6.45) is 6.00. The van der Waals surface area contributed by atoms with Gasteiger partial charge in [0.25, 0.3) is 0 Å². The number of anilines is 1. The highest BCUT2D eigenvalue weighted by Gasteiger charge is 2.24. The van der Waals surface area contributed by atoms with Crippen LogP contribution in [0.4, 0.5) is 5.69 Å². The molecule has 4 nitrogen and oxygen atoms in total. The quantitative estimate of drug-likeness (QED) is 0.650. The molecule has 24 heavy (non-hydrogen) atoms. The smallest absolute Gasteiger partial charge is 0.220 e. The number of fused-ring (bicyclic) bond motifs is 1. The van der Waals surface area contributed by atoms with Crippen LogP contribution in [0.3, 0.4) is 0 Å². The largest absolute Gasteiger partial charge is 0.367 e. The highest BCUT2D eigenvalue weighted by molar-refractivity contribution is 5.85. The summed E-state index contributed by atoms with van der Waals surface area (Å²) < 4.78 is 0. The molecule has 1 aliphatic rings. The van der Waals surface area contributed by atoms with Gasteiger partial charge in [-0.3, -0.25) is 4.79 Å². The predicted octanol–water partition coefficient (Wildman–Crippen LogP) is 3.31. The molecule has 2 rings (SSSR count). The highest BCUT2D eigenvalue weighted by Crippen LogP contribution is 2.31. The molecule has 1 atom stereocenters. The zero-order valence-corrected chi connectivity index (χ0v) is 16.1. The molecular weight excluding hydrogens is 345 g/mol. The molecular formula is C18H31Cl2N3O. The molecule has 138 valence electrons. The number of nitrogens with zero attached hydrogens (tertiary/aromatic N) is 1. The van der Waals surface area contributed by atoms with Crippen LogP contribution in [-0.2, 0) is 11.2 Å². The fraction of sp³-hybridized carbons (Fsp3) is 0.611. The summed E-state index contributed by atoms with van der Waals surface area (Å²) in [6.45, 7) is 4.61. The van der Waals surface area contributed by atoms with Crippen LogP contribution in [0.15, 0.2) is 24.3 Å². The Kier molecular flexibility index (Phi) is 11.9. The second-order valence-corrected chi connectivity index (χ2v) is 6.18. The van der Waals surface area contributed by atoms with Crippen LogP contribution in [0.25, 0.3) is 0 Å². The van der Waals surface area contributed by atoms with E-state index in [9.17, 15) is 4.79 Å². The highest BCUT2D eigenvalue weighted by atomic mass is 35.5. The van der Waals surface area contributed by atoms with Crippen molar-refractivity contribution in [1.82, 2.24) is 5.32 Å². The van der Waals surface area contributed by atoms with E-state index in [2.05, 4.69) is 41.4 Å². The monoisotopic (exact) mass is 375 g/mol. The van der Waals surface area contributed by atoms with Gasteiger partial charge in [-0.1, -0.05) is 31.0 Å². The summed E-state index contributed by atoms with van der Waals surface area (Å²) in [4.78, 5) is 14.2. The minimum Gasteiger partial charge on any atom is -0.367 e. The van der Waals surface area contributed by atoms with Crippen LogP contribution in [-0.4, -0.2) is 31.6 Å². The van der Waals surface area contributed by atoms with E-state index in [1.165, 1.54) is 11.3 Å². The van der Waals surface area contributed by atoms with Gasteiger partial charge in [0.1, 0.15) is 0 Å². The number of para-hydroxylation sites is 1. The first-order valence-electron chi connectivity index (χ1n) is 8.53. The Morgan fingerprint density at radius 2 is 1.92 bits per heavy atom. The number of hydrogen-bond donors (Lipinski definition) is 2. The first-order valence-corrected chi connectivity index (χ1v) is 8.53. The van der Waals surface area contributed by atoms with Gasteiger partial charge in [0.2, 0.25) is 5.91 Å². The molecule has 1 unspecified atom stereocenters. The number of unbranched alkanes of at least 4 members (excludes halogenated alkanes) is 3. The van der Waals surface area contributed by atoms with Crippen molar-refractivity contribution in [2.24, 2.45) is 5.73 Å². The number of benzene rings is 1. The Morgan fingerprint density at radius 1 is 1.21 bits per heavy atom. The van der Waals surface area contributed by atoms with E-state index in [4.69, 9.17) is 5.73 Å². The summed E-state index contributed by atoms with van der Waals surface area (Å²) in [5.41, 5.74) is 8.20. The van der Waals surface area contributed by atoms with E-state index < -0.39 is 0 Å². The fourth-order valence-corrected chi connectivity index (χ4v) is 3.16. The molecule has 1 aliphatic heterocycles. The van der Waals surface area contributed by atoms with Crippen LogP contribution in [0, 0.1) is 0 Å². The molecule has 0 spiro atoms. The molecule has 0 aliphatic carbocycles. The number of hydrogen-bond acceptors (Lipinski definition) is 3. The van der Waals surface area contributed by atoms with Gasteiger partial charge in [-0.15, -0.1) is 24.8 Å². The maximum atomic E-state index is 11.8. The lowest BCUT2D eigenvalue weighted by Crippen LogP contribution is -2.37. The molecule has 0 bridgehead atoms. The van der Waals surface area contributed by atoms with E-state index in [1.54, 1.807) is 0 Å². The summed E-state index contributed by atoms with van der Waals surface area (Å²) in [5.74, 6) is 0.174. The normalized spacial score (nSPS) is 15.2. The van der Waals surface area contributed by atoms with Gasteiger partial charge >= 0.3 is 0 Å². The number of halogens is 2. The van der Waals surface area contributed by atoms with Crippen molar-refractivity contribution in [3.8, 4) is 0 Å². The van der Waals surface area contributed by atoms with Crippen molar-refractivity contribution >= 4 is 36.4 Å². The first-order chi connectivity index (χ1) is 10.7. The van der Waals surface area contributed by atoms with Gasteiger partial charge in [-0.05, 0) is 44.4 Å². The Morgan fingerprint density at radius 3 is 2.67 bits per heavy atom. The molecule has 0 saturated carbocycles. The SMILES string of the molecule is CC1Cc2ccccc2N1CCNC(=O)CCCCCCN.Cl.Cl. The Labute approximate surface area is 158 Å². The lowest BCUT2D eigenvalue weighted by Gasteiger charge is -2.25. The van der Waals surface area contributed by atoms with Crippen molar-refractivity contribution in [3.63, 3.8) is 0 Å². The van der Waals surface area contributed by atoms with E-state index in [-0.39, 0.29) is 30.7 Å². The minimum absolute atomic E-state index is 0. The predicted molar refractivity (Wildman–Crippen MR) is 107 cm³/mol. The number of rotatable bonds is 9. The van der Waals surface area contributed by atoms with Crippen molar-refractivity contribution in [2.45, 2.75) is 51.5 Å². The van der Waals surface area contributed by atoms with E-state index >= 15 is 0 Å². The Bertz CT molecular complexity index is 485. The molecule has 0 saturated heterocycles. The Hall–Kier alpha value is -0.970. The average molecular weight is 376 g/mol. The first kappa shape index (κ1) is 23.0. The van der Waals surface area contributed by atoms with Gasteiger partial charge in [0, 0.05) is 31.2 Å². The zero-order valence-electron chi connectivity index (χ0n) is 14.5. The second kappa shape index (κ2) is 12.4. The lowest BCUT2D eigenvalue weighted by molar-refractivity contribution is -0.121. The molecule has 6 heteroatoms. The van der Waals surface area contributed by atoms with Crippen LogP contribution >= 0.6 is 24.8 Å². The van der Waals surface area contributed by atoms with E-state index in [1.807, 2.05) is 0 Å². The fourth-order valence-electron chi connectivity index (χ4n) is 3.16. The van der Waals surface area contributed by atoms with Crippen LogP contribution in [0.5, 0.6) is 0 Å². The van der Waals surface area contributed by atoms with Crippen molar-refractivity contribution in [3.05, 3.63) is 29.8 Å². The third kappa shape index (κ3) is 6.88. The second-order valence-electron chi connectivity index (χ2n) is 6.18. The van der Waals surface area contributed by atoms with Gasteiger partial charge in [0.05, 0.1) is 0 Å². The maximum Gasteiger partial charge on any atom is 0.220 e. The summed E-state index contributed by atoms with van der Waals surface area (Å²) in [6, 6.07) is 9.08. The lowest BCUT2D eigenvalue weighted by atomic mass is 10.1. The summed E-state index contributed by atoms with van der Waals surface area (Å²) >= 11 is 0. The molecule has 0 aromatic heterocycles. The maximum absolute atomic E-state index is 11.8. The molecule has 1 aromatic rings. The average Bonchev–Trinajstić information content (AvgIpc) is 2.83. The molecule has 0 radical (unpaired) electrons. The molecule has 1 aromatic carbocycles. The van der Waals surface area contributed by atoms with E-state index in [0.29, 0.717) is 12.5 Å². The van der Waals surface area contributed by atoms with Gasteiger partial charge in [0.15, 0.2) is 0 Å². The standard InChI is InChI=1S/C18H29N3O.2ClH/c1-15-14-16-8-5-6-9-17(16)21(15)13-12-20-18(22)10-4-2-3-7-11-19;;/h5-6,8-9,15H,2-4,7,10-14,19H2,1H3,(H,20,22);2*1H. The zero-order chi connectivity index (χ0) is 15.8. The van der Waals surface area contributed by atoms with Crippen LogP contribution in [0.1, 0.15) is 44.6 Å². The van der Waals surface area contributed by atoms with Gasteiger partial charge in [-0.25, -0.2) is 0 Å². The Balaban J connectivity index is 0.00000264. The van der Waals surface area contributed by atoms with Crippen LogP contribution < -0.4 is 16.0 Å². The summed E-state index contributed by atoms with van der Waals surface area (Å²) in [7, 11) is 0. The van der Waals surface area contributed by atoms with Crippen LogP contribution in [0.2, 0.25) is 0 Å². The van der Waals surface area contributed by atoms with E-state index in [0.717, 1.165) is 51.7 Å². The number of carbonyl (C=O) groups is 1. The number of amides is 1. The number of nitrogens with one attached hydrogen (secondary N) is 1. The van der Waals surface area contributed by atoms with Gasteiger partial charge in [-0.2, -0.15) is 0 Å². The third-order valence-corrected chi connectivity index (χ3v) is 4.38. The molecule has 1 heterocycles. The van der Waals surface area contributed by atoms with Crippen molar-refractivity contribution in [1.29, 1.82) is 0 Å². The summed E-state index contributed by atoms with van der Waals surface area (Å²) in [5, 5.41) is 3.05. The van der Waals surface area contributed by atoms with Crippen molar-refractivity contribution < 1.29 is 4.79 Å². The molecule has 0 fully saturated rings. The topological polar surface area (TPSA) is 58.4 Å². The minimum atomic E-state index is 0. The molecule has 1 amide bonds. The number of carbonyl (C=O) groups excluding carboxylic acids is 1. The van der Waals surface area contributed by atoms with Gasteiger partial charge < -0.3 is 16.0 Å². The van der Waals surface area contributed by atoms with Crippen molar-refractivity contribution in [2.75, 3.05) is 24.5 Å².